The van der Waals surface area contributed by atoms with Crippen LogP contribution in [0, 0.1) is 0 Å². The van der Waals surface area contributed by atoms with Crippen LogP contribution in [0.3, 0.4) is 0 Å². The third-order valence-electron chi connectivity index (χ3n) is 3.16. The number of carbonyl (C=O) groups excluding carboxylic acids is 1. The van der Waals surface area contributed by atoms with Gasteiger partial charge in [0.25, 0.3) is 0 Å². The Morgan fingerprint density at radius 2 is 2.05 bits per heavy atom. The molecule has 0 spiro atoms. The van der Waals surface area contributed by atoms with Gasteiger partial charge in [0.2, 0.25) is 12.7 Å². The predicted octanol–water partition coefficient (Wildman–Crippen LogP) is 2.52. The summed E-state index contributed by atoms with van der Waals surface area (Å²) in [6, 6.07) is 5.68. The lowest BCUT2D eigenvalue weighted by molar-refractivity contribution is -0.120. The minimum atomic E-state index is 0.0920. The van der Waals surface area contributed by atoms with E-state index in [0.29, 0.717) is 13.0 Å². The van der Waals surface area contributed by atoms with Crippen molar-refractivity contribution in [3.05, 3.63) is 18.2 Å². The number of rotatable bonds is 8. The van der Waals surface area contributed by atoms with Gasteiger partial charge in [0.05, 0.1) is 0 Å². The summed E-state index contributed by atoms with van der Waals surface area (Å²) >= 11 is 0. The van der Waals surface area contributed by atoms with Crippen LogP contribution in [-0.4, -0.2) is 25.8 Å². The Hall–Kier alpha value is -1.91. The number of nitrogens with one attached hydrogen (secondary N) is 2. The van der Waals surface area contributed by atoms with E-state index >= 15 is 0 Å². The standard InChI is InChI=1S/C15H22N2O3/c1-2-3-4-8-17-15(18)7-9-16-12-5-6-13-14(10-12)20-11-19-13/h5-6,10,16H,2-4,7-9,11H2,1H3,(H,17,18). The average molecular weight is 278 g/mol. The SMILES string of the molecule is CCCCCNC(=O)CCNc1ccc2c(c1)OCO2. The first-order valence-electron chi connectivity index (χ1n) is 7.20. The maximum absolute atomic E-state index is 11.6. The zero-order valence-electron chi connectivity index (χ0n) is 11.9. The molecule has 110 valence electrons. The van der Waals surface area contributed by atoms with Gasteiger partial charge in [-0.25, -0.2) is 0 Å². The van der Waals surface area contributed by atoms with Crippen molar-refractivity contribution in [3.63, 3.8) is 0 Å². The Balaban J connectivity index is 1.64. The molecule has 1 heterocycles. The molecule has 2 rings (SSSR count). The largest absolute Gasteiger partial charge is 0.454 e. The predicted molar refractivity (Wildman–Crippen MR) is 78.2 cm³/mol. The summed E-state index contributed by atoms with van der Waals surface area (Å²) in [6.45, 7) is 3.81. The van der Waals surface area contributed by atoms with E-state index in [-0.39, 0.29) is 12.7 Å². The number of hydrogen-bond donors (Lipinski definition) is 2. The minimum absolute atomic E-state index is 0.0920. The zero-order valence-corrected chi connectivity index (χ0v) is 11.9. The van der Waals surface area contributed by atoms with E-state index in [1.807, 2.05) is 18.2 Å². The highest BCUT2D eigenvalue weighted by molar-refractivity contribution is 5.76. The van der Waals surface area contributed by atoms with Crippen molar-refractivity contribution in [1.29, 1.82) is 0 Å². The highest BCUT2D eigenvalue weighted by Gasteiger charge is 2.12. The van der Waals surface area contributed by atoms with Gasteiger partial charge >= 0.3 is 0 Å². The van der Waals surface area contributed by atoms with E-state index in [4.69, 9.17) is 9.47 Å². The van der Waals surface area contributed by atoms with Gasteiger partial charge in [-0.05, 0) is 18.6 Å². The van der Waals surface area contributed by atoms with E-state index in [1.54, 1.807) is 0 Å². The Morgan fingerprint density at radius 3 is 2.90 bits per heavy atom. The first kappa shape index (κ1) is 14.5. The average Bonchev–Trinajstić information content (AvgIpc) is 2.91. The molecule has 5 heteroatoms. The van der Waals surface area contributed by atoms with E-state index < -0.39 is 0 Å². The second kappa shape index (κ2) is 7.62. The highest BCUT2D eigenvalue weighted by atomic mass is 16.7. The van der Waals surface area contributed by atoms with Crippen LogP contribution in [0.15, 0.2) is 18.2 Å². The Labute approximate surface area is 119 Å². The van der Waals surface area contributed by atoms with Crippen LogP contribution in [0.4, 0.5) is 5.69 Å². The van der Waals surface area contributed by atoms with Crippen LogP contribution < -0.4 is 20.1 Å². The molecule has 5 nitrogen and oxygen atoms in total. The summed E-state index contributed by atoms with van der Waals surface area (Å²) < 4.78 is 10.5. The summed E-state index contributed by atoms with van der Waals surface area (Å²) in [6.07, 6.45) is 3.86. The summed E-state index contributed by atoms with van der Waals surface area (Å²) in [5.41, 5.74) is 0.938. The fourth-order valence-electron chi connectivity index (χ4n) is 2.02. The molecule has 1 aromatic rings. The van der Waals surface area contributed by atoms with Gasteiger partial charge in [-0.2, -0.15) is 0 Å². The second-order valence-electron chi connectivity index (χ2n) is 4.80. The lowest BCUT2D eigenvalue weighted by Gasteiger charge is -2.08. The maximum atomic E-state index is 11.6. The third-order valence-corrected chi connectivity index (χ3v) is 3.16. The van der Waals surface area contributed by atoms with Crippen molar-refractivity contribution in [1.82, 2.24) is 5.32 Å². The fourth-order valence-corrected chi connectivity index (χ4v) is 2.02. The molecule has 0 bridgehead atoms. The molecule has 0 saturated carbocycles. The molecule has 2 N–H and O–H groups in total. The van der Waals surface area contributed by atoms with Crippen molar-refractivity contribution in [2.24, 2.45) is 0 Å². The van der Waals surface area contributed by atoms with Crippen molar-refractivity contribution in [3.8, 4) is 11.5 Å². The second-order valence-corrected chi connectivity index (χ2v) is 4.80. The lowest BCUT2D eigenvalue weighted by atomic mass is 10.2. The number of benzene rings is 1. The van der Waals surface area contributed by atoms with Crippen molar-refractivity contribution in [2.75, 3.05) is 25.2 Å². The Kier molecular flexibility index (Phi) is 5.53. The van der Waals surface area contributed by atoms with Crippen LogP contribution in [0.1, 0.15) is 32.6 Å². The third kappa shape index (κ3) is 4.33. The summed E-state index contributed by atoms with van der Waals surface area (Å²) in [7, 11) is 0. The van der Waals surface area contributed by atoms with Crippen LogP contribution >= 0.6 is 0 Å². The fraction of sp³-hybridized carbons (Fsp3) is 0.533. The molecule has 0 aliphatic carbocycles. The van der Waals surface area contributed by atoms with Gasteiger partial charge < -0.3 is 20.1 Å². The van der Waals surface area contributed by atoms with Crippen LogP contribution in [0.5, 0.6) is 11.5 Å². The quantitative estimate of drug-likeness (QED) is 0.717. The van der Waals surface area contributed by atoms with Gasteiger partial charge in [0, 0.05) is 31.3 Å². The number of amides is 1. The number of ether oxygens (including phenoxy) is 2. The number of anilines is 1. The number of carbonyl (C=O) groups is 1. The molecule has 0 aromatic heterocycles. The van der Waals surface area contributed by atoms with Crippen molar-refractivity contribution >= 4 is 11.6 Å². The Morgan fingerprint density at radius 1 is 1.20 bits per heavy atom. The molecule has 1 aromatic carbocycles. The summed E-state index contributed by atoms with van der Waals surface area (Å²) in [5.74, 6) is 1.61. The van der Waals surface area contributed by atoms with Gasteiger partial charge in [-0.1, -0.05) is 19.8 Å². The number of hydrogen-bond acceptors (Lipinski definition) is 4. The van der Waals surface area contributed by atoms with Crippen LogP contribution in [0.25, 0.3) is 0 Å². The van der Waals surface area contributed by atoms with Gasteiger partial charge in [-0.3, -0.25) is 4.79 Å². The van der Waals surface area contributed by atoms with E-state index in [2.05, 4.69) is 17.6 Å². The first-order chi connectivity index (χ1) is 9.79. The molecule has 1 amide bonds. The van der Waals surface area contributed by atoms with Crippen LogP contribution in [-0.2, 0) is 4.79 Å². The molecule has 0 unspecified atom stereocenters. The molecule has 1 aliphatic rings. The number of unbranched alkanes of at least 4 members (excludes halogenated alkanes) is 2. The van der Waals surface area contributed by atoms with Gasteiger partial charge in [0.1, 0.15) is 0 Å². The summed E-state index contributed by atoms with van der Waals surface area (Å²) in [4.78, 5) is 11.6. The molecule has 0 fully saturated rings. The lowest BCUT2D eigenvalue weighted by Crippen LogP contribution is -2.26. The molecule has 0 radical (unpaired) electrons. The maximum Gasteiger partial charge on any atom is 0.231 e. The molecular formula is C15H22N2O3. The van der Waals surface area contributed by atoms with Gasteiger partial charge in [-0.15, -0.1) is 0 Å². The minimum Gasteiger partial charge on any atom is -0.454 e. The molecule has 1 aliphatic heterocycles. The first-order valence-corrected chi connectivity index (χ1v) is 7.20. The zero-order chi connectivity index (χ0) is 14.2. The number of fused-ring (bicyclic) bond motifs is 1. The normalized spacial score (nSPS) is 12.2. The van der Waals surface area contributed by atoms with Crippen molar-refractivity contribution in [2.45, 2.75) is 32.6 Å². The topological polar surface area (TPSA) is 59.6 Å². The van der Waals surface area contributed by atoms with Crippen LogP contribution in [0.2, 0.25) is 0 Å². The smallest absolute Gasteiger partial charge is 0.231 e. The van der Waals surface area contributed by atoms with E-state index in [1.165, 1.54) is 6.42 Å². The Bertz CT molecular complexity index is 449. The van der Waals surface area contributed by atoms with E-state index in [0.717, 1.165) is 36.6 Å². The molecule has 0 saturated heterocycles. The van der Waals surface area contributed by atoms with Crippen molar-refractivity contribution < 1.29 is 14.3 Å². The monoisotopic (exact) mass is 278 g/mol. The molecular weight excluding hydrogens is 256 g/mol. The molecule has 0 atom stereocenters. The van der Waals surface area contributed by atoms with E-state index in [9.17, 15) is 4.79 Å². The van der Waals surface area contributed by atoms with Gasteiger partial charge in [0.15, 0.2) is 11.5 Å². The summed E-state index contributed by atoms with van der Waals surface area (Å²) in [5, 5.41) is 6.13. The molecule has 20 heavy (non-hydrogen) atoms. The highest BCUT2D eigenvalue weighted by Crippen LogP contribution is 2.34.